The Morgan fingerprint density at radius 2 is 0.857 bits per heavy atom. The maximum atomic E-state index is 11.4. The molecule has 8 nitrogen and oxygen atoms in total. The van der Waals surface area contributed by atoms with E-state index in [4.69, 9.17) is 18.9 Å². The molecular formula is C20H40N2O6. The van der Waals surface area contributed by atoms with Gasteiger partial charge in [-0.25, -0.2) is 0 Å². The molecule has 0 rings (SSSR count). The molecule has 0 unspecified atom stereocenters. The minimum absolute atomic E-state index is 0.0619. The Morgan fingerprint density at radius 3 is 1.14 bits per heavy atom. The molecule has 2 amide bonds. The predicted molar refractivity (Wildman–Crippen MR) is 108 cm³/mol. The fourth-order valence-corrected chi connectivity index (χ4v) is 2.17. The van der Waals surface area contributed by atoms with Crippen molar-refractivity contribution in [3.05, 3.63) is 0 Å². The fraction of sp³-hybridized carbons (Fsp3) is 0.900. The van der Waals surface area contributed by atoms with Crippen molar-refractivity contribution in [2.45, 2.75) is 40.5 Å². The summed E-state index contributed by atoms with van der Waals surface area (Å²) in [6, 6.07) is 0. The summed E-state index contributed by atoms with van der Waals surface area (Å²) in [7, 11) is 0. The van der Waals surface area contributed by atoms with Crippen LogP contribution in [-0.4, -0.2) is 77.8 Å². The smallest absolute Gasteiger partial charge is 0.220 e. The molecule has 0 aliphatic rings. The number of carbonyl (C=O) groups excluding carboxylic acids is 2. The maximum absolute atomic E-state index is 11.4. The number of rotatable bonds is 19. The number of carbonyl (C=O) groups is 2. The molecule has 0 saturated carbocycles. The quantitative estimate of drug-likeness (QED) is 0.316. The molecule has 0 bridgehead atoms. The maximum Gasteiger partial charge on any atom is 0.220 e. The molecule has 0 spiro atoms. The second-order valence-corrected chi connectivity index (χ2v) is 7.35. The molecule has 8 heteroatoms. The van der Waals surface area contributed by atoms with E-state index in [9.17, 15) is 9.59 Å². The summed E-state index contributed by atoms with van der Waals surface area (Å²) >= 11 is 0. The van der Waals surface area contributed by atoms with E-state index >= 15 is 0 Å². The van der Waals surface area contributed by atoms with E-state index in [1.165, 1.54) is 0 Å². The summed E-state index contributed by atoms with van der Waals surface area (Å²) < 4.78 is 21.5. The Hall–Kier alpha value is -1.22. The van der Waals surface area contributed by atoms with Crippen molar-refractivity contribution < 1.29 is 28.5 Å². The summed E-state index contributed by atoms with van der Waals surface area (Å²) in [4.78, 5) is 22.8. The standard InChI is InChI=1S/C20H40N2O6/c1-17(2)15-19(23)21-5-7-25-9-11-27-13-14-28-12-10-26-8-6-22-20(24)16-18(3)4/h17-18H,5-16H2,1-4H3,(H,21,23)(H,22,24). The Labute approximate surface area is 170 Å². The van der Waals surface area contributed by atoms with Crippen molar-refractivity contribution in [1.29, 1.82) is 0 Å². The molecule has 0 atom stereocenters. The number of hydrogen-bond donors (Lipinski definition) is 2. The van der Waals surface area contributed by atoms with Crippen LogP contribution in [-0.2, 0) is 28.5 Å². The van der Waals surface area contributed by atoms with Gasteiger partial charge >= 0.3 is 0 Å². The van der Waals surface area contributed by atoms with Crippen molar-refractivity contribution in [3.63, 3.8) is 0 Å². The van der Waals surface area contributed by atoms with Gasteiger partial charge in [-0.05, 0) is 11.8 Å². The third-order valence-corrected chi connectivity index (χ3v) is 3.44. The first-order valence-corrected chi connectivity index (χ1v) is 10.3. The summed E-state index contributed by atoms with van der Waals surface area (Å²) in [6.07, 6.45) is 1.09. The summed E-state index contributed by atoms with van der Waals surface area (Å²) in [5.41, 5.74) is 0. The molecule has 0 fully saturated rings. The zero-order valence-electron chi connectivity index (χ0n) is 18.1. The zero-order valence-corrected chi connectivity index (χ0v) is 18.1. The van der Waals surface area contributed by atoms with Crippen molar-refractivity contribution in [1.82, 2.24) is 10.6 Å². The van der Waals surface area contributed by atoms with E-state index in [-0.39, 0.29) is 11.8 Å². The lowest BCUT2D eigenvalue weighted by atomic mass is 10.1. The van der Waals surface area contributed by atoms with Gasteiger partial charge in [-0.3, -0.25) is 9.59 Å². The second-order valence-electron chi connectivity index (χ2n) is 7.35. The fourth-order valence-electron chi connectivity index (χ4n) is 2.17. The van der Waals surface area contributed by atoms with Crippen LogP contribution in [0.2, 0.25) is 0 Å². The average Bonchev–Trinajstić information content (AvgIpc) is 2.60. The van der Waals surface area contributed by atoms with Crippen molar-refractivity contribution in [2.24, 2.45) is 11.8 Å². The number of ether oxygens (including phenoxy) is 4. The summed E-state index contributed by atoms with van der Waals surface area (Å²) in [5.74, 6) is 0.856. The molecule has 28 heavy (non-hydrogen) atoms. The van der Waals surface area contributed by atoms with Gasteiger partial charge in [-0.15, -0.1) is 0 Å². The van der Waals surface area contributed by atoms with Crippen LogP contribution in [0, 0.1) is 11.8 Å². The lowest BCUT2D eigenvalue weighted by Crippen LogP contribution is -2.28. The molecule has 0 saturated heterocycles. The highest BCUT2D eigenvalue weighted by atomic mass is 16.6. The Kier molecular flexibility index (Phi) is 18.3. The zero-order chi connectivity index (χ0) is 21.0. The molecule has 2 N–H and O–H groups in total. The lowest BCUT2D eigenvalue weighted by molar-refractivity contribution is -0.122. The largest absolute Gasteiger partial charge is 0.377 e. The molecule has 0 heterocycles. The molecule has 0 aliphatic heterocycles. The SMILES string of the molecule is CC(C)CC(=O)NCCOCCOCCOCCOCCNC(=O)CC(C)C. The molecular weight excluding hydrogens is 364 g/mol. The van der Waals surface area contributed by atoms with E-state index in [0.717, 1.165) is 0 Å². The van der Waals surface area contributed by atoms with E-state index < -0.39 is 0 Å². The van der Waals surface area contributed by atoms with E-state index in [1.807, 2.05) is 27.7 Å². The van der Waals surface area contributed by atoms with Gasteiger partial charge in [-0.2, -0.15) is 0 Å². The summed E-state index contributed by atoms with van der Waals surface area (Å²) in [5, 5.41) is 5.63. The van der Waals surface area contributed by atoms with Gasteiger partial charge < -0.3 is 29.6 Å². The first kappa shape index (κ1) is 26.8. The number of amides is 2. The topological polar surface area (TPSA) is 95.1 Å². The van der Waals surface area contributed by atoms with E-state index in [1.54, 1.807) is 0 Å². The predicted octanol–water partition coefficient (Wildman–Crippen LogP) is 1.38. The van der Waals surface area contributed by atoms with Gasteiger partial charge in [0.1, 0.15) is 0 Å². The van der Waals surface area contributed by atoms with Gasteiger partial charge in [-0.1, -0.05) is 27.7 Å². The third-order valence-electron chi connectivity index (χ3n) is 3.44. The highest BCUT2D eigenvalue weighted by Crippen LogP contribution is 1.98. The van der Waals surface area contributed by atoms with Gasteiger partial charge in [0.15, 0.2) is 0 Å². The number of hydrogen-bond acceptors (Lipinski definition) is 6. The average molecular weight is 405 g/mol. The van der Waals surface area contributed by atoms with Crippen LogP contribution in [0.4, 0.5) is 0 Å². The van der Waals surface area contributed by atoms with Crippen LogP contribution in [0.25, 0.3) is 0 Å². The third kappa shape index (κ3) is 21.1. The summed E-state index contributed by atoms with van der Waals surface area (Å²) in [6.45, 7) is 13.1. The van der Waals surface area contributed by atoms with Crippen LogP contribution in [0.15, 0.2) is 0 Å². The molecule has 0 aromatic rings. The minimum Gasteiger partial charge on any atom is -0.377 e. The van der Waals surface area contributed by atoms with Gasteiger partial charge in [0.2, 0.25) is 11.8 Å². The van der Waals surface area contributed by atoms with E-state index in [0.29, 0.717) is 90.6 Å². The molecule has 0 aromatic carbocycles. The molecule has 166 valence electrons. The number of nitrogens with one attached hydrogen (secondary N) is 2. The van der Waals surface area contributed by atoms with E-state index in [2.05, 4.69) is 10.6 Å². The Morgan fingerprint density at radius 1 is 0.571 bits per heavy atom. The highest BCUT2D eigenvalue weighted by molar-refractivity contribution is 5.76. The molecule has 0 aliphatic carbocycles. The molecule has 0 radical (unpaired) electrons. The minimum atomic E-state index is 0.0619. The monoisotopic (exact) mass is 404 g/mol. The highest BCUT2D eigenvalue weighted by Gasteiger charge is 2.04. The van der Waals surface area contributed by atoms with Gasteiger partial charge in [0.05, 0.1) is 52.9 Å². The van der Waals surface area contributed by atoms with Crippen molar-refractivity contribution in [2.75, 3.05) is 65.9 Å². The van der Waals surface area contributed by atoms with Gasteiger partial charge in [0, 0.05) is 25.9 Å². The van der Waals surface area contributed by atoms with Crippen LogP contribution < -0.4 is 10.6 Å². The van der Waals surface area contributed by atoms with Crippen LogP contribution >= 0.6 is 0 Å². The lowest BCUT2D eigenvalue weighted by Gasteiger charge is -2.09. The van der Waals surface area contributed by atoms with Crippen molar-refractivity contribution in [3.8, 4) is 0 Å². The van der Waals surface area contributed by atoms with Crippen LogP contribution in [0.1, 0.15) is 40.5 Å². The first-order valence-electron chi connectivity index (χ1n) is 10.3. The second kappa shape index (κ2) is 19.1. The van der Waals surface area contributed by atoms with Gasteiger partial charge in [0.25, 0.3) is 0 Å². The Balaban J connectivity index is 3.16. The van der Waals surface area contributed by atoms with Crippen LogP contribution in [0.3, 0.4) is 0 Å². The normalized spacial score (nSPS) is 11.2. The van der Waals surface area contributed by atoms with Crippen molar-refractivity contribution >= 4 is 11.8 Å². The first-order chi connectivity index (χ1) is 13.4. The van der Waals surface area contributed by atoms with Crippen LogP contribution in [0.5, 0.6) is 0 Å². The Bertz CT molecular complexity index is 355. The molecule has 0 aromatic heterocycles.